The van der Waals surface area contributed by atoms with Crippen LogP contribution in [0.1, 0.15) is 69.2 Å². The van der Waals surface area contributed by atoms with Crippen LogP contribution in [0.4, 0.5) is 0 Å². The van der Waals surface area contributed by atoms with Crippen molar-refractivity contribution in [3.8, 4) is 5.75 Å². The van der Waals surface area contributed by atoms with Crippen molar-refractivity contribution in [2.45, 2.75) is 58.8 Å². The van der Waals surface area contributed by atoms with Crippen LogP contribution < -0.4 is 4.74 Å². The Kier molecular flexibility index (Phi) is 6.71. The summed E-state index contributed by atoms with van der Waals surface area (Å²) in [7, 11) is 1.72. The minimum absolute atomic E-state index is 0.207. The molecule has 120 valence electrons. The maximum absolute atomic E-state index is 5.66. The maximum atomic E-state index is 5.66. The molecular weight excluding hydrogens is 268 g/mol. The third-order valence-electron chi connectivity index (χ3n) is 5.08. The lowest BCUT2D eigenvalue weighted by Crippen LogP contribution is -2.26. The van der Waals surface area contributed by atoms with Gasteiger partial charge < -0.3 is 4.74 Å². The lowest BCUT2D eigenvalue weighted by Gasteiger charge is -2.35. The highest BCUT2D eigenvalue weighted by molar-refractivity contribution is 5.72. The summed E-state index contributed by atoms with van der Waals surface area (Å²) < 4.78 is 5.66. The smallest absolute Gasteiger partial charge is 0.134 e. The molecule has 0 fully saturated rings. The predicted octanol–water partition coefficient (Wildman–Crippen LogP) is 6.17. The van der Waals surface area contributed by atoms with Crippen molar-refractivity contribution in [1.29, 1.82) is 0 Å². The highest BCUT2D eigenvalue weighted by Gasteiger charge is 2.30. The van der Waals surface area contributed by atoms with E-state index >= 15 is 0 Å². The highest BCUT2D eigenvalue weighted by Crippen LogP contribution is 2.42. The van der Waals surface area contributed by atoms with Gasteiger partial charge in [0, 0.05) is 11.1 Å². The van der Waals surface area contributed by atoms with E-state index in [2.05, 4.69) is 52.7 Å². The van der Waals surface area contributed by atoms with E-state index in [1.165, 1.54) is 11.1 Å². The van der Waals surface area contributed by atoms with E-state index in [0.717, 1.165) is 42.6 Å². The van der Waals surface area contributed by atoms with Gasteiger partial charge in [-0.05, 0) is 54.4 Å². The van der Waals surface area contributed by atoms with Gasteiger partial charge in [0.2, 0.25) is 0 Å². The topological polar surface area (TPSA) is 9.23 Å². The summed E-state index contributed by atoms with van der Waals surface area (Å²) in [5.74, 6) is 0.879. The molecular formula is C21H30O. The molecule has 0 saturated carbocycles. The first-order valence-electron chi connectivity index (χ1n) is 8.31. The maximum Gasteiger partial charge on any atom is 0.134 e. The molecule has 0 saturated heterocycles. The molecule has 0 heterocycles. The second-order valence-electron chi connectivity index (χ2n) is 5.69. The van der Waals surface area contributed by atoms with Crippen LogP contribution in [0.3, 0.4) is 0 Å². The van der Waals surface area contributed by atoms with Crippen molar-refractivity contribution in [2.75, 3.05) is 7.11 Å². The Hall–Kier alpha value is -1.72. The molecule has 22 heavy (non-hydrogen) atoms. The predicted molar refractivity (Wildman–Crippen MR) is 98.6 cm³/mol. The normalized spacial score (nSPS) is 11.0. The molecule has 0 atom stereocenters. The average molecular weight is 298 g/mol. The van der Waals surface area contributed by atoms with Crippen molar-refractivity contribution >= 4 is 12.2 Å². The summed E-state index contributed by atoms with van der Waals surface area (Å²) in [6, 6.07) is 2.28. The zero-order valence-corrected chi connectivity index (χ0v) is 14.9. The Morgan fingerprint density at radius 1 is 1.18 bits per heavy atom. The van der Waals surface area contributed by atoms with E-state index in [9.17, 15) is 0 Å². The fraction of sp³-hybridized carbons (Fsp3) is 0.476. The molecule has 0 aliphatic carbocycles. The molecule has 0 N–H and O–H groups in total. The fourth-order valence-electron chi connectivity index (χ4n) is 3.56. The molecule has 0 amide bonds. The Labute approximate surface area is 136 Å². The lowest BCUT2D eigenvalue weighted by atomic mass is 9.70. The molecule has 0 aliphatic heterocycles. The molecule has 0 spiro atoms. The van der Waals surface area contributed by atoms with Crippen molar-refractivity contribution in [3.63, 3.8) is 0 Å². The van der Waals surface area contributed by atoms with E-state index in [-0.39, 0.29) is 5.41 Å². The van der Waals surface area contributed by atoms with Crippen LogP contribution in [-0.2, 0) is 11.8 Å². The lowest BCUT2D eigenvalue weighted by molar-refractivity contribution is 0.375. The van der Waals surface area contributed by atoms with E-state index in [1.807, 2.05) is 12.2 Å². The first kappa shape index (κ1) is 18.3. The van der Waals surface area contributed by atoms with Gasteiger partial charge in [-0.1, -0.05) is 46.9 Å². The molecule has 0 aromatic heterocycles. The molecule has 1 nitrogen and oxygen atoms in total. The Morgan fingerprint density at radius 2 is 1.77 bits per heavy atom. The standard InChI is InChI=1S/C21H30O/c1-8-14-18-17(10-3)19(21(11-4,12-5)13-6)15-16(9-2)20(18)22-7/h9,14-15H,1-2,10-13H2,3-7H3. The number of hydrogen-bond donors (Lipinski definition) is 0. The van der Waals surface area contributed by atoms with E-state index in [4.69, 9.17) is 4.74 Å². The molecule has 1 heteroatoms. The summed E-state index contributed by atoms with van der Waals surface area (Å²) in [6.45, 7) is 16.8. The van der Waals surface area contributed by atoms with Crippen molar-refractivity contribution in [2.24, 2.45) is 0 Å². The van der Waals surface area contributed by atoms with E-state index in [0.29, 0.717) is 0 Å². The van der Waals surface area contributed by atoms with Crippen LogP contribution in [0.5, 0.6) is 5.75 Å². The van der Waals surface area contributed by atoms with Gasteiger partial charge in [-0.15, -0.1) is 5.73 Å². The molecule has 1 aromatic carbocycles. The average Bonchev–Trinajstić information content (AvgIpc) is 2.56. The van der Waals surface area contributed by atoms with E-state index in [1.54, 1.807) is 7.11 Å². The number of rotatable bonds is 8. The van der Waals surface area contributed by atoms with Gasteiger partial charge in [0.1, 0.15) is 5.75 Å². The van der Waals surface area contributed by atoms with Crippen molar-refractivity contribution in [3.05, 3.63) is 47.2 Å². The third kappa shape index (κ3) is 3.05. The second kappa shape index (κ2) is 8.06. The van der Waals surface area contributed by atoms with Crippen LogP contribution in [0.25, 0.3) is 12.2 Å². The molecule has 1 aromatic rings. The number of ether oxygens (including phenoxy) is 1. The Morgan fingerprint density at radius 3 is 2.14 bits per heavy atom. The van der Waals surface area contributed by atoms with Crippen LogP contribution in [0.2, 0.25) is 0 Å². The van der Waals surface area contributed by atoms with Gasteiger partial charge >= 0.3 is 0 Å². The van der Waals surface area contributed by atoms with Crippen LogP contribution >= 0.6 is 0 Å². The fourth-order valence-corrected chi connectivity index (χ4v) is 3.56. The zero-order chi connectivity index (χ0) is 16.8. The zero-order valence-electron chi connectivity index (χ0n) is 14.9. The summed E-state index contributed by atoms with van der Waals surface area (Å²) >= 11 is 0. The summed E-state index contributed by atoms with van der Waals surface area (Å²) in [5, 5.41) is 0. The number of hydrogen-bond acceptors (Lipinski definition) is 1. The van der Waals surface area contributed by atoms with Gasteiger partial charge in [-0.3, -0.25) is 0 Å². The SMILES string of the molecule is C=C=Cc1c(CC)c(C(CC)(CC)CC)cc(C=C)c1OC. The third-order valence-corrected chi connectivity index (χ3v) is 5.08. The highest BCUT2D eigenvalue weighted by atomic mass is 16.5. The minimum atomic E-state index is 0.207. The number of benzene rings is 1. The second-order valence-corrected chi connectivity index (χ2v) is 5.69. The van der Waals surface area contributed by atoms with Crippen LogP contribution in [-0.4, -0.2) is 7.11 Å². The largest absolute Gasteiger partial charge is 0.495 e. The Balaban J connectivity index is 3.89. The van der Waals surface area contributed by atoms with Gasteiger partial charge in [-0.25, -0.2) is 0 Å². The molecule has 1 rings (SSSR count). The van der Waals surface area contributed by atoms with Crippen LogP contribution in [0.15, 0.2) is 25.0 Å². The number of methoxy groups -OCH3 is 1. The van der Waals surface area contributed by atoms with Crippen molar-refractivity contribution in [1.82, 2.24) is 0 Å². The Bertz CT molecular complexity index is 562. The van der Waals surface area contributed by atoms with E-state index < -0.39 is 0 Å². The van der Waals surface area contributed by atoms with Gasteiger partial charge in [0.15, 0.2) is 0 Å². The van der Waals surface area contributed by atoms with Crippen molar-refractivity contribution < 1.29 is 4.74 Å². The summed E-state index contributed by atoms with van der Waals surface area (Å²) in [5.41, 5.74) is 8.07. The first-order chi connectivity index (χ1) is 10.6. The molecule has 0 bridgehead atoms. The molecule has 0 aliphatic rings. The van der Waals surface area contributed by atoms with Gasteiger partial charge in [-0.2, -0.15) is 0 Å². The summed E-state index contributed by atoms with van der Waals surface area (Å²) in [4.78, 5) is 0. The van der Waals surface area contributed by atoms with Gasteiger partial charge in [0.25, 0.3) is 0 Å². The molecule has 0 unspecified atom stereocenters. The summed E-state index contributed by atoms with van der Waals surface area (Å²) in [6.07, 6.45) is 8.19. The molecule has 0 radical (unpaired) electrons. The van der Waals surface area contributed by atoms with Gasteiger partial charge in [0.05, 0.1) is 7.11 Å². The monoisotopic (exact) mass is 298 g/mol. The first-order valence-corrected chi connectivity index (χ1v) is 8.31. The van der Waals surface area contributed by atoms with Crippen LogP contribution in [0, 0.1) is 0 Å². The quantitative estimate of drug-likeness (QED) is 0.522. The minimum Gasteiger partial charge on any atom is -0.495 e.